The lowest BCUT2D eigenvalue weighted by Gasteiger charge is -2.06. The number of nitrogens with zero attached hydrogens (tertiary/aromatic N) is 1. The first kappa shape index (κ1) is 12.0. The van der Waals surface area contributed by atoms with Crippen LogP contribution in [-0.2, 0) is 16.1 Å². The normalized spacial score (nSPS) is 10.1. The van der Waals surface area contributed by atoms with Gasteiger partial charge < -0.3 is 9.30 Å². The highest BCUT2D eigenvalue weighted by Gasteiger charge is 2.04. The van der Waals surface area contributed by atoms with Gasteiger partial charge in [0, 0.05) is 23.3 Å². The van der Waals surface area contributed by atoms with Crippen molar-refractivity contribution in [1.29, 1.82) is 0 Å². The maximum absolute atomic E-state index is 11.5. The summed E-state index contributed by atoms with van der Waals surface area (Å²) in [6, 6.07) is 1.53. The molecule has 1 aromatic heterocycles. The molecule has 0 aliphatic heterocycles. The fraction of sp³-hybridized carbons (Fsp3) is 0.400. The Morgan fingerprint density at radius 3 is 2.87 bits per heavy atom. The molecule has 0 fully saturated rings. The van der Waals surface area contributed by atoms with Gasteiger partial charge in [-0.05, 0) is 28.4 Å². The molecule has 0 aromatic carbocycles. The number of hydrogen-bond donors (Lipinski definition) is 0. The van der Waals surface area contributed by atoms with E-state index in [4.69, 9.17) is 0 Å². The first-order chi connectivity index (χ1) is 7.04. The fourth-order valence-corrected chi connectivity index (χ4v) is 1.49. The third-order valence-corrected chi connectivity index (χ3v) is 2.88. The molecular formula is C10H12BrNO3. The minimum absolute atomic E-state index is 0.111. The minimum Gasteiger partial charge on any atom is -0.469 e. The van der Waals surface area contributed by atoms with E-state index in [-0.39, 0.29) is 17.9 Å². The molecule has 4 nitrogen and oxygen atoms in total. The molecule has 1 aromatic rings. The lowest BCUT2D eigenvalue weighted by atomic mass is 10.3. The second-order valence-corrected chi connectivity index (χ2v) is 4.02. The highest BCUT2D eigenvalue weighted by atomic mass is 79.9. The monoisotopic (exact) mass is 273 g/mol. The predicted octanol–water partition coefficient (Wildman–Crippen LogP) is 1.48. The van der Waals surface area contributed by atoms with Gasteiger partial charge in [-0.25, -0.2) is 0 Å². The fourth-order valence-electron chi connectivity index (χ4n) is 1.13. The number of halogens is 1. The summed E-state index contributed by atoms with van der Waals surface area (Å²) in [6.07, 6.45) is 1.88. The largest absolute Gasteiger partial charge is 0.469 e. The van der Waals surface area contributed by atoms with Crippen molar-refractivity contribution < 1.29 is 9.53 Å². The molecule has 0 saturated heterocycles. The smallest absolute Gasteiger partial charge is 0.307 e. The van der Waals surface area contributed by atoms with Gasteiger partial charge >= 0.3 is 5.97 Å². The molecule has 0 aliphatic carbocycles. The summed E-state index contributed by atoms with van der Waals surface area (Å²) in [7, 11) is 1.33. The Morgan fingerprint density at radius 2 is 2.27 bits per heavy atom. The lowest BCUT2D eigenvalue weighted by molar-refractivity contribution is -0.140. The van der Waals surface area contributed by atoms with Crippen LogP contribution in [0.15, 0.2) is 21.5 Å². The zero-order valence-corrected chi connectivity index (χ0v) is 10.2. The van der Waals surface area contributed by atoms with Crippen molar-refractivity contribution in [1.82, 2.24) is 4.57 Å². The molecule has 0 spiro atoms. The highest BCUT2D eigenvalue weighted by molar-refractivity contribution is 9.10. The van der Waals surface area contributed by atoms with Gasteiger partial charge in [0.2, 0.25) is 0 Å². The number of ether oxygens (including phenoxy) is 1. The zero-order valence-electron chi connectivity index (χ0n) is 8.62. The number of rotatable bonds is 3. The van der Waals surface area contributed by atoms with Crippen LogP contribution < -0.4 is 5.56 Å². The number of hydrogen-bond acceptors (Lipinski definition) is 3. The third kappa shape index (κ3) is 3.20. The van der Waals surface area contributed by atoms with Crippen molar-refractivity contribution in [3.05, 3.63) is 32.7 Å². The topological polar surface area (TPSA) is 48.3 Å². The van der Waals surface area contributed by atoms with Crippen LogP contribution in [0, 0.1) is 6.92 Å². The van der Waals surface area contributed by atoms with Crippen LogP contribution in [0.3, 0.4) is 0 Å². The molecule has 0 N–H and O–H groups in total. The molecule has 1 rings (SSSR count). The number of aryl methyl sites for hydroxylation is 2. The predicted molar refractivity (Wildman–Crippen MR) is 59.8 cm³/mol. The average Bonchev–Trinajstić information content (AvgIpc) is 2.21. The van der Waals surface area contributed by atoms with E-state index in [1.807, 2.05) is 6.92 Å². The van der Waals surface area contributed by atoms with E-state index in [9.17, 15) is 9.59 Å². The second kappa shape index (κ2) is 5.11. The summed E-state index contributed by atoms with van der Waals surface area (Å²) < 4.78 is 6.83. The molecule has 0 radical (unpaired) electrons. The van der Waals surface area contributed by atoms with Crippen LogP contribution in [0.4, 0.5) is 0 Å². The third-order valence-electron chi connectivity index (χ3n) is 2.05. The maximum atomic E-state index is 11.5. The molecule has 5 heteroatoms. The van der Waals surface area contributed by atoms with Crippen molar-refractivity contribution >= 4 is 21.9 Å². The summed E-state index contributed by atoms with van der Waals surface area (Å²) in [4.78, 5) is 22.4. The van der Waals surface area contributed by atoms with Gasteiger partial charge in [0.05, 0.1) is 13.5 Å². The minimum atomic E-state index is -0.321. The van der Waals surface area contributed by atoms with Gasteiger partial charge in [0.15, 0.2) is 0 Å². The van der Waals surface area contributed by atoms with E-state index in [0.29, 0.717) is 6.54 Å². The Bertz CT molecular complexity index is 425. The maximum Gasteiger partial charge on any atom is 0.307 e. The van der Waals surface area contributed by atoms with Crippen LogP contribution in [-0.4, -0.2) is 17.6 Å². The van der Waals surface area contributed by atoms with E-state index in [2.05, 4.69) is 20.7 Å². The van der Waals surface area contributed by atoms with Crippen LogP contribution in [0.25, 0.3) is 0 Å². The van der Waals surface area contributed by atoms with Crippen molar-refractivity contribution in [2.45, 2.75) is 19.9 Å². The molecule has 0 aliphatic rings. The van der Waals surface area contributed by atoms with E-state index in [1.54, 1.807) is 6.20 Å². The SMILES string of the molecule is COC(=O)CCn1cc(Br)c(C)cc1=O. The van der Waals surface area contributed by atoms with Crippen LogP contribution in [0.2, 0.25) is 0 Å². The van der Waals surface area contributed by atoms with Crippen molar-refractivity contribution in [3.63, 3.8) is 0 Å². The Balaban J connectivity index is 2.82. The van der Waals surface area contributed by atoms with Crippen LogP contribution in [0.5, 0.6) is 0 Å². The second-order valence-electron chi connectivity index (χ2n) is 3.16. The quantitative estimate of drug-likeness (QED) is 0.784. The van der Waals surface area contributed by atoms with Crippen LogP contribution in [0.1, 0.15) is 12.0 Å². The first-order valence-corrected chi connectivity index (χ1v) is 5.27. The van der Waals surface area contributed by atoms with Gasteiger partial charge in [-0.15, -0.1) is 0 Å². The van der Waals surface area contributed by atoms with Crippen molar-refractivity contribution in [3.8, 4) is 0 Å². The number of carbonyl (C=O) groups excluding carboxylic acids is 1. The van der Waals surface area contributed by atoms with Gasteiger partial charge in [-0.2, -0.15) is 0 Å². The molecular weight excluding hydrogens is 262 g/mol. The number of pyridine rings is 1. The van der Waals surface area contributed by atoms with Crippen LogP contribution >= 0.6 is 15.9 Å². The number of carbonyl (C=O) groups is 1. The molecule has 82 valence electrons. The summed E-state index contributed by atoms with van der Waals surface area (Å²) in [5.74, 6) is -0.321. The van der Waals surface area contributed by atoms with Gasteiger partial charge in [-0.3, -0.25) is 9.59 Å². The summed E-state index contributed by atoms with van der Waals surface area (Å²) in [5.41, 5.74) is 0.772. The van der Waals surface area contributed by atoms with Crippen molar-refractivity contribution in [2.75, 3.05) is 7.11 Å². The Morgan fingerprint density at radius 1 is 1.60 bits per heavy atom. The van der Waals surface area contributed by atoms with E-state index in [0.717, 1.165) is 10.0 Å². The van der Waals surface area contributed by atoms with Gasteiger partial charge in [-0.1, -0.05) is 0 Å². The van der Waals surface area contributed by atoms with Crippen molar-refractivity contribution in [2.24, 2.45) is 0 Å². The van der Waals surface area contributed by atoms with E-state index < -0.39 is 0 Å². The molecule has 0 bridgehead atoms. The summed E-state index contributed by atoms with van der Waals surface area (Å²) in [6.45, 7) is 2.18. The zero-order chi connectivity index (χ0) is 11.4. The van der Waals surface area contributed by atoms with E-state index >= 15 is 0 Å². The van der Waals surface area contributed by atoms with Gasteiger partial charge in [0.25, 0.3) is 5.56 Å². The molecule has 0 amide bonds. The molecule has 1 heterocycles. The Labute approximate surface area is 96.0 Å². The highest BCUT2D eigenvalue weighted by Crippen LogP contribution is 2.12. The molecule has 15 heavy (non-hydrogen) atoms. The Hall–Kier alpha value is -1.10. The van der Waals surface area contributed by atoms with E-state index in [1.165, 1.54) is 17.7 Å². The molecule has 0 saturated carbocycles. The number of aromatic nitrogens is 1. The van der Waals surface area contributed by atoms with Gasteiger partial charge in [0.1, 0.15) is 0 Å². The molecule has 0 unspecified atom stereocenters. The average molecular weight is 274 g/mol. The Kier molecular flexibility index (Phi) is 4.08. The summed E-state index contributed by atoms with van der Waals surface area (Å²) in [5, 5.41) is 0. The summed E-state index contributed by atoms with van der Waals surface area (Å²) >= 11 is 3.33. The molecule has 0 atom stereocenters. The first-order valence-electron chi connectivity index (χ1n) is 4.48. The number of methoxy groups -OCH3 is 1. The standard InChI is InChI=1S/C10H12BrNO3/c1-7-5-9(13)12(6-8(7)11)4-3-10(14)15-2/h5-6H,3-4H2,1-2H3. The number of esters is 1. The lowest BCUT2D eigenvalue weighted by Crippen LogP contribution is -2.21.